The Morgan fingerprint density at radius 1 is 1.17 bits per heavy atom. The summed E-state index contributed by atoms with van der Waals surface area (Å²) in [6, 6.07) is 15.2. The van der Waals surface area contributed by atoms with Crippen molar-refractivity contribution in [1.82, 2.24) is 9.47 Å². The minimum absolute atomic E-state index is 0.212. The maximum atomic E-state index is 11.1. The van der Waals surface area contributed by atoms with E-state index >= 15 is 0 Å². The number of hydrogen-bond donors (Lipinski definition) is 1. The highest BCUT2D eigenvalue weighted by Gasteiger charge is 2.27. The lowest BCUT2D eigenvalue weighted by molar-refractivity contribution is -0.141. The molecule has 1 aliphatic rings. The van der Waals surface area contributed by atoms with Gasteiger partial charge in [0.2, 0.25) is 0 Å². The summed E-state index contributed by atoms with van der Waals surface area (Å²) in [4.78, 5) is 13.4. The van der Waals surface area contributed by atoms with Crippen molar-refractivity contribution in [3.63, 3.8) is 0 Å². The predicted molar refractivity (Wildman–Crippen MR) is 96.1 cm³/mol. The van der Waals surface area contributed by atoms with Crippen LogP contribution >= 0.6 is 0 Å². The summed E-state index contributed by atoms with van der Waals surface area (Å²) in [6.07, 6.45) is 0.757. The molecule has 1 N–H and O–H groups in total. The monoisotopic (exact) mass is 322 g/mol. The molecule has 1 unspecified atom stereocenters. The highest BCUT2D eigenvalue weighted by atomic mass is 16.4. The van der Waals surface area contributed by atoms with Gasteiger partial charge in [0.05, 0.1) is 5.92 Å². The number of hydrogen-bond acceptors (Lipinski definition) is 2. The Balaban J connectivity index is 1.69. The van der Waals surface area contributed by atoms with Crippen LogP contribution in [0.2, 0.25) is 0 Å². The number of rotatable bonds is 4. The molecule has 0 spiro atoms. The molecular weight excluding hydrogens is 300 g/mol. The fraction of sp³-hybridized carbons (Fsp3) is 0.350. The Morgan fingerprint density at radius 3 is 2.71 bits per heavy atom. The number of fused-ring (bicyclic) bond motifs is 3. The molecule has 0 radical (unpaired) electrons. The van der Waals surface area contributed by atoms with E-state index in [1.54, 1.807) is 0 Å². The molecule has 0 bridgehead atoms. The summed E-state index contributed by atoms with van der Waals surface area (Å²) in [6.45, 7) is 5.48. The zero-order valence-electron chi connectivity index (χ0n) is 13.9. The maximum absolute atomic E-state index is 11.1. The van der Waals surface area contributed by atoms with E-state index in [1.165, 1.54) is 27.4 Å². The van der Waals surface area contributed by atoms with Crippen molar-refractivity contribution in [1.29, 1.82) is 0 Å². The lowest BCUT2D eigenvalue weighted by atomic mass is 10.1. The van der Waals surface area contributed by atoms with Crippen molar-refractivity contribution in [2.75, 3.05) is 13.1 Å². The van der Waals surface area contributed by atoms with Crippen molar-refractivity contribution in [2.45, 2.75) is 26.4 Å². The van der Waals surface area contributed by atoms with Gasteiger partial charge < -0.3 is 9.67 Å². The van der Waals surface area contributed by atoms with Crippen LogP contribution in [0.1, 0.15) is 18.9 Å². The van der Waals surface area contributed by atoms with Crippen molar-refractivity contribution in [3.05, 3.63) is 48.0 Å². The summed E-state index contributed by atoms with van der Waals surface area (Å²) in [5.41, 5.74) is 3.80. The molecule has 1 atom stereocenters. The van der Waals surface area contributed by atoms with Gasteiger partial charge in [-0.3, -0.25) is 9.69 Å². The van der Waals surface area contributed by atoms with Crippen LogP contribution in [-0.2, 0) is 17.9 Å². The number of nitrogens with zero attached hydrogens (tertiary/aromatic N) is 2. The summed E-state index contributed by atoms with van der Waals surface area (Å²) in [7, 11) is 0. The number of carbonyl (C=O) groups is 1. The van der Waals surface area contributed by atoms with E-state index < -0.39 is 5.97 Å². The van der Waals surface area contributed by atoms with Crippen LogP contribution in [0, 0.1) is 5.92 Å². The second kappa shape index (κ2) is 5.95. The van der Waals surface area contributed by atoms with Gasteiger partial charge in [0.1, 0.15) is 0 Å². The first-order valence-corrected chi connectivity index (χ1v) is 8.62. The van der Waals surface area contributed by atoms with Crippen LogP contribution in [-0.4, -0.2) is 33.6 Å². The number of aliphatic carboxylic acids is 1. The van der Waals surface area contributed by atoms with E-state index in [9.17, 15) is 4.79 Å². The molecule has 4 heteroatoms. The lowest BCUT2D eigenvalue weighted by Crippen LogP contribution is -2.22. The van der Waals surface area contributed by atoms with Crippen LogP contribution in [0.3, 0.4) is 0 Å². The molecule has 2 heterocycles. The maximum Gasteiger partial charge on any atom is 0.307 e. The first-order chi connectivity index (χ1) is 11.7. The van der Waals surface area contributed by atoms with Crippen LogP contribution in [0.25, 0.3) is 21.8 Å². The third-order valence-corrected chi connectivity index (χ3v) is 5.18. The van der Waals surface area contributed by atoms with Crippen molar-refractivity contribution in [3.8, 4) is 0 Å². The molecular formula is C20H22N2O2. The molecule has 1 saturated heterocycles. The van der Waals surface area contributed by atoms with Gasteiger partial charge in [-0.15, -0.1) is 0 Å². The average molecular weight is 322 g/mol. The quantitative estimate of drug-likeness (QED) is 0.796. The molecule has 0 aliphatic carbocycles. The summed E-state index contributed by atoms with van der Waals surface area (Å²) < 4.78 is 2.35. The summed E-state index contributed by atoms with van der Waals surface area (Å²) in [5, 5.41) is 11.7. The number of aromatic nitrogens is 1. The smallest absolute Gasteiger partial charge is 0.307 e. The van der Waals surface area contributed by atoms with E-state index in [0.717, 1.165) is 26.1 Å². The Bertz CT molecular complexity index is 913. The number of aryl methyl sites for hydroxylation is 1. The van der Waals surface area contributed by atoms with Gasteiger partial charge in [-0.1, -0.05) is 24.3 Å². The van der Waals surface area contributed by atoms with Gasteiger partial charge in [0, 0.05) is 41.4 Å². The Kier molecular flexibility index (Phi) is 3.77. The molecule has 1 aromatic heterocycles. The number of benzene rings is 2. The van der Waals surface area contributed by atoms with E-state index in [1.807, 2.05) is 0 Å². The molecule has 0 saturated carbocycles. The Morgan fingerprint density at radius 2 is 1.96 bits per heavy atom. The predicted octanol–water partition coefficient (Wildman–Crippen LogP) is 3.72. The van der Waals surface area contributed by atoms with Crippen LogP contribution < -0.4 is 0 Å². The Hall–Kier alpha value is -2.33. The molecule has 3 aromatic rings. The van der Waals surface area contributed by atoms with Crippen molar-refractivity contribution >= 4 is 27.8 Å². The second-order valence-electron chi connectivity index (χ2n) is 6.67. The van der Waals surface area contributed by atoms with Gasteiger partial charge in [-0.05, 0) is 43.7 Å². The average Bonchev–Trinajstić information content (AvgIpc) is 3.17. The molecule has 0 amide bonds. The molecule has 4 rings (SSSR count). The fourth-order valence-corrected chi connectivity index (χ4v) is 3.98. The van der Waals surface area contributed by atoms with E-state index in [-0.39, 0.29) is 5.92 Å². The summed E-state index contributed by atoms with van der Waals surface area (Å²) >= 11 is 0. The normalized spacial score (nSPS) is 18.6. The highest BCUT2D eigenvalue weighted by molar-refractivity contribution is 6.08. The van der Waals surface area contributed by atoms with Crippen LogP contribution in [0.15, 0.2) is 42.5 Å². The van der Waals surface area contributed by atoms with Crippen LogP contribution in [0.4, 0.5) is 0 Å². The first kappa shape index (κ1) is 15.2. The topological polar surface area (TPSA) is 45.5 Å². The van der Waals surface area contributed by atoms with Gasteiger partial charge in [0.25, 0.3) is 0 Å². The summed E-state index contributed by atoms with van der Waals surface area (Å²) in [5.74, 6) is -0.880. The molecule has 2 aromatic carbocycles. The van der Waals surface area contributed by atoms with E-state index in [0.29, 0.717) is 6.54 Å². The highest BCUT2D eigenvalue weighted by Crippen LogP contribution is 2.30. The van der Waals surface area contributed by atoms with E-state index in [2.05, 4.69) is 58.9 Å². The van der Waals surface area contributed by atoms with Gasteiger partial charge in [-0.2, -0.15) is 0 Å². The molecule has 4 nitrogen and oxygen atoms in total. The zero-order valence-corrected chi connectivity index (χ0v) is 13.9. The number of carboxylic acids is 1. The SMILES string of the molecule is CCn1c2ccccc2c2cc(CN3CCC(C(=O)O)C3)ccc21. The van der Waals surface area contributed by atoms with Gasteiger partial charge >= 0.3 is 5.97 Å². The van der Waals surface area contributed by atoms with Crippen LogP contribution in [0.5, 0.6) is 0 Å². The molecule has 124 valence electrons. The standard InChI is InChI=1S/C20H22N2O2/c1-2-22-18-6-4-3-5-16(18)17-11-14(7-8-19(17)22)12-21-10-9-15(13-21)20(23)24/h3-8,11,15H,2,9-10,12-13H2,1H3,(H,23,24). The van der Waals surface area contributed by atoms with Crippen molar-refractivity contribution in [2.24, 2.45) is 5.92 Å². The number of para-hydroxylation sites is 1. The van der Waals surface area contributed by atoms with Gasteiger partial charge in [-0.25, -0.2) is 0 Å². The minimum atomic E-state index is -0.668. The third-order valence-electron chi connectivity index (χ3n) is 5.18. The van der Waals surface area contributed by atoms with Gasteiger partial charge in [0.15, 0.2) is 0 Å². The first-order valence-electron chi connectivity index (χ1n) is 8.62. The largest absolute Gasteiger partial charge is 0.481 e. The number of carboxylic acid groups (broad SMARTS) is 1. The Labute approximate surface area is 141 Å². The number of likely N-dealkylation sites (tertiary alicyclic amines) is 1. The van der Waals surface area contributed by atoms with Crippen molar-refractivity contribution < 1.29 is 9.90 Å². The molecule has 1 fully saturated rings. The van der Waals surface area contributed by atoms with E-state index in [4.69, 9.17) is 5.11 Å². The minimum Gasteiger partial charge on any atom is -0.481 e. The second-order valence-corrected chi connectivity index (χ2v) is 6.67. The zero-order chi connectivity index (χ0) is 16.7. The fourth-order valence-electron chi connectivity index (χ4n) is 3.98. The third kappa shape index (κ3) is 2.47. The molecule has 1 aliphatic heterocycles. The lowest BCUT2D eigenvalue weighted by Gasteiger charge is -2.15. The molecule has 24 heavy (non-hydrogen) atoms.